The molecule has 4 atom stereocenters. The molecular weight excluding hydrogens is 454 g/mol. The average Bonchev–Trinajstić information content (AvgIpc) is 3.44. The molecule has 0 bridgehead atoms. The van der Waals surface area contributed by atoms with Crippen LogP contribution >= 0.6 is 0 Å². The fraction of sp³-hybridized carbons (Fsp3) is 0.760. The molecule has 0 spiro atoms. The number of sulfonamides is 1. The molecule has 3 aliphatic carbocycles. The van der Waals surface area contributed by atoms with Gasteiger partial charge in [-0.05, 0) is 88.7 Å². The maximum atomic E-state index is 13.3. The van der Waals surface area contributed by atoms with Crippen LogP contribution in [0.3, 0.4) is 0 Å². The van der Waals surface area contributed by atoms with Crippen LogP contribution in [0.25, 0.3) is 0 Å². The molecule has 1 N–H and O–H groups in total. The van der Waals surface area contributed by atoms with E-state index in [1.807, 2.05) is 16.7 Å². The Labute approximate surface area is 202 Å². The summed E-state index contributed by atoms with van der Waals surface area (Å²) in [6.45, 7) is 4.15. The third-order valence-corrected chi connectivity index (χ3v) is 10.6. The largest absolute Gasteiger partial charge is 0.459 e. The molecule has 1 aromatic rings. The SMILES string of the molecule is CC(=O)N1C2CCC(C3CCC(S(=O)(=O)NC4CC4)CC3)CC2N(C(=O)c2ccco2)C[C@@H]1C. The van der Waals surface area contributed by atoms with Gasteiger partial charge in [-0.25, -0.2) is 13.1 Å². The van der Waals surface area contributed by atoms with Gasteiger partial charge in [0, 0.05) is 25.6 Å². The summed E-state index contributed by atoms with van der Waals surface area (Å²) in [7, 11) is -3.22. The first kappa shape index (κ1) is 23.9. The Balaban J connectivity index is 1.29. The number of hydrogen-bond donors (Lipinski definition) is 1. The Kier molecular flexibility index (Phi) is 6.52. The zero-order chi connectivity index (χ0) is 24.0. The van der Waals surface area contributed by atoms with Crippen LogP contribution in [0.1, 0.15) is 82.2 Å². The average molecular weight is 492 g/mol. The first-order valence-corrected chi connectivity index (χ1v) is 14.4. The molecule has 5 rings (SSSR count). The number of carbonyl (C=O) groups is 2. The molecule has 188 valence electrons. The van der Waals surface area contributed by atoms with E-state index in [0.717, 1.165) is 44.9 Å². The predicted molar refractivity (Wildman–Crippen MR) is 127 cm³/mol. The van der Waals surface area contributed by atoms with Gasteiger partial charge in [0.05, 0.1) is 23.6 Å². The van der Waals surface area contributed by atoms with Crippen LogP contribution in [0, 0.1) is 11.8 Å². The number of piperazine rings is 1. The molecule has 4 aliphatic rings. The molecule has 3 saturated carbocycles. The maximum Gasteiger partial charge on any atom is 0.289 e. The minimum atomic E-state index is -3.22. The van der Waals surface area contributed by atoms with E-state index in [0.29, 0.717) is 37.0 Å². The quantitative estimate of drug-likeness (QED) is 0.682. The lowest BCUT2D eigenvalue weighted by Gasteiger charge is -2.54. The molecule has 9 heteroatoms. The van der Waals surface area contributed by atoms with Gasteiger partial charge in [0.2, 0.25) is 15.9 Å². The van der Waals surface area contributed by atoms with Crippen LogP contribution in [0.2, 0.25) is 0 Å². The molecule has 0 aromatic carbocycles. The van der Waals surface area contributed by atoms with Crippen molar-refractivity contribution in [2.24, 2.45) is 11.8 Å². The molecule has 1 saturated heterocycles. The van der Waals surface area contributed by atoms with Crippen LogP contribution in [0.4, 0.5) is 0 Å². The Morgan fingerprint density at radius 2 is 1.71 bits per heavy atom. The summed E-state index contributed by atoms with van der Waals surface area (Å²) in [5.74, 6) is 1.23. The van der Waals surface area contributed by atoms with Crippen LogP contribution in [0.15, 0.2) is 22.8 Å². The van der Waals surface area contributed by atoms with Crippen molar-refractivity contribution in [3.05, 3.63) is 24.2 Å². The summed E-state index contributed by atoms with van der Waals surface area (Å²) in [6.07, 6.45) is 9.45. The summed E-state index contributed by atoms with van der Waals surface area (Å²) >= 11 is 0. The van der Waals surface area contributed by atoms with Crippen LogP contribution < -0.4 is 4.72 Å². The van der Waals surface area contributed by atoms with Crippen molar-refractivity contribution in [3.63, 3.8) is 0 Å². The van der Waals surface area contributed by atoms with Crippen molar-refractivity contribution in [1.29, 1.82) is 0 Å². The Morgan fingerprint density at radius 3 is 2.32 bits per heavy atom. The molecule has 34 heavy (non-hydrogen) atoms. The van der Waals surface area contributed by atoms with Gasteiger partial charge < -0.3 is 14.2 Å². The van der Waals surface area contributed by atoms with Crippen molar-refractivity contribution in [1.82, 2.24) is 14.5 Å². The molecule has 1 aromatic heterocycles. The molecule has 1 aliphatic heterocycles. The summed E-state index contributed by atoms with van der Waals surface area (Å²) < 4.78 is 33.6. The van der Waals surface area contributed by atoms with Gasteiger partial charge >= 0.3 is 0 Å². The Bertz CT molecular complexity index is 998. The molecule has 0 radical (unpaired) electrons. The standard InChI is InChI=1S/C25H37N3O5S/c1-16-15-27(25(30)24-4-3-13-33-24)23-14-19(7-12-22(23)28(16)17(2)29)18-5-10-21(11-6-18)34(31,32)26-20-8-9-20/h3-4,13,16,18-23,26H,5-12,14-15H2,1-2H3/t16-,18?,19?,21?,22?,23?/m0/s1. The van der Waals surface area contributed by atoms with Gasteiger partial charge in [0.15, 0.2) is 5.76 Å². The van der Waals surface area contributed by atoms with Crippen molar-refractivity contribution >= 4 is 21.8 Å². The second-order valence-electron chi connectivity index (χ2n) is 10.9. The first-order valence-electron chi connectivity index (χ1n) is 12.9. The third-order valence-electron chi connectivity index (χ3n) is 8.60. The van der Waals surface area contributed by atoms with E-state index in [9.17, 15) is 18.0 Å². The van der Waals surface area contributed by atoms with Gasteiger partial charge in [0.25, 0.3) is 5.91 Å². The number of nitrogens with one attached hydrogen (secondary N) is 1. The molecule has 4 fully saturated rings. The van der Waals surface area contributed by atoms with E-state index in [4.69, 9.17) is 4.42 Å². The maximum absolute atomic E-state index is 13.3. The summed E-state index contributed by atoms with van der Waals surface area (Å²) in [5.41, 5.74) is 0. The molecule has 2 amide bonds. The Morgan fingerprint density at radius 1 is 1.00 bits per heavy atom. The van der Waals surface area contributed by atoms with Crippen molar-refractivity contribution in [2.45, 2.75) is 101 Å². The first-order chi connectivity index (χ1) is 16.2. The van der Waals surface area contributed by atoms with E-state index in [1.165, 1.54) is 6.26 Å². The van der Waals surface area contributed by atoms with Crippen LogP contribution in [-0.4, -0.2) is 66.0 Å². The molecular formula is C25H37N3O5S. The Hall–Kier alpha value is -1.87. The summed E-state index contributed by atoms with van der Waals surface area (Å²) in [4.78, 5) is 29.8. The van der Waals surface area contributed by atoms with E-state index in [2.05, 4.69) is 4.72 Å². The smallest absolute Gasteiger partial charge is 0.289 e. The number of nitrogens with zero attached hydrogens (tertiary/aromatic N) is 2. The molecule has 3 unspecified atom stereocenters. The number of hydrogen-bond acceptors (Lipinski definition) is 5. The lowest BCUT2D eigenvalue weighted by molar-refractivity contribution is -0.142. The van der Waals surface area contributed by atoms with Crippen molar-refractivity contribution in [3.8, 4) is 0 Å². The fourth-order valence-electron chi connectivity index (χ4n) is 6.80. The zero-order valence-corrected chi connectivity index (χ0v) is 21.0. The normalized spacial score (nSPS) is 34.5. The summed E-state index contributed by atoms with van der Waals surface area (Å²) in [5, 5.41) is -0.276. The highest BCUT2D eigenvalue weighted by atomic mass is 32.2. The number of furan rings is 1. The van der Waals surface area contributed by atoms with Crippen molar-refractivity contribution < 1.29 is 22.4 Å². The van der Waals surface area contributed by atoms with Gasteiger partial charge in [-0.15, -0.1) is 0 Å². The topological polar surface area (TPSA) is 99.9 Å². The number of carbonyl (C=O) groups excluding carboxylic acids is 2. The minimum Gasteiger partial charge on any atom is -0.459 e. The number of amides is 2. The van der Waals surface area contributed by atoms with E-state index < -0.39 is 10.0 Å². The third kappa shape index (κ3) is 4.65. The van der Waals surface area contributed by atoms with Gasteiger partial charge in [0.1, 0.15) is 0 Å². The highest BCUT2D eigenvalue weighted by Crippen LogP contribution is 2.44. The molecule has 8 nitrogen and oxygen atoms in total. The second-order valence-corrected chi connectivity index (χ2v) is 12.9. The van der Waals surface area contributed by atoms with Crippen LogP contribution in [0.5, 0.6) is 0 Å². The second kappa shape index (κ2) is 9.30. The van der Waals surface area contributed by atoms with E-state index >= 15 is 0 Å². The van der Waals surface area contributed by atoms with E-state index in [1.54, 1.807) is 19.1 Å². The zero-order valence-electron chi connectivity index (χ0n) is 20.2. The van der Waals surface area contributed by atoms with Gasteiger partial charge in [-0.3, -0.25) is 9.59 Å². The minimum absolute atomic E-state index is 0.0240. The van der Waals surface area contributed by atoms with Gasteiger partial charge in [-0.2, -0.15) is 0 Å². The predicted octanol–water partition coefficient (Wildman–Crippen LogP) is 3.15. The lowest BCUT2D eigenvalue weighted by Crippen LogP contribution is -2.67. The highest BCUT2D eigenvalue weighted by molar-refractivity contribution is 7.90. The lowest BCUT2D eigenvalue weighted by atomic mass is 9.69. The monoisotopic (exact) mass is 491 g/mol. The molecule has 2 heterocycles. The fourth-order valence-corrected chi connectivity index (χ4v) is 8.59. The van der Waals surface area contributed by atoms with Crippen molar-refractivity contribution in [2.75, 3.05) is 6.54 Å². The van der Waals surface area contributed by atoms with Crippen LogP contribution in [-0.2, 0) is 14.8 Å². The van der Waals surface area contributed by atoms with Gasteiger partial charge in [-0.1, -0.05) is 0 Å². The number of fused-ring (bicyclic) bond motifs is 1. The summed E-state index contributed by atoms with van der Waals surface area (Å²) in [6, 6.07) is 3.55. The number of rotatable bonds is 5. The highest BCUT2D eigenvalue weighted by Gasteiger charge is 2.48. The van der Waals surface area contributed by atoms with E-state index in [-0.39, 0.29) is 41.2 Å².